The van der Waals surface area contributed by atoms with Crippen molar-refractivity contribution in [2.75, 3.05) is 64.1 Å². The molecule has 2 aromatic heterocycles. The number of carbonyl (C=O) groups excluding carboxylic acids is 3. The zero-order valence-electron chi connectivity index (χ0n) is 29.1. The first-order chi connectivity index (χ1) is 24.2. The summed E-state index contributed by atoms with van der Waals surface area (Å²) in [5.74, 6) is -0.0198. The van der Waals surface area contributed by atoms with Crippen LogP contribution in [-0.2, 0) is 25.2 Å². The number of fused-ring (bicyclic) bond motifs is 2. The molecule has 2 aromatic carbocycles. The van der Waals surface area contributed by atoms with Gasteiger partial charge < -0.3 is 29.9 Å². The molecule has 7 rings (SSSR count). The molecule has 2 fully saturated rings. The molecule has 1 saturated heterocycles. The van der Waals surface area contributed by atoms with Crippen molar-refractivity contribution in [3.63, 3.8) is 0 Å². The highest BCUT2D eigenvalue weighted by molar-refractivity contribution is 6.04. The summed E-state index contributed by atoms with van der Waals surface area (Å²) < 4.78 is 2.08. The Balaban J connectivity index is 0.934. The van der Waals surface area contributed by atoms with Gasteiger partial charge in [0.15, 0.2) is 5.82 Å². The summed E-state index contributed by atoms with van der Waals surface area (Å²) in [6.45, 7) is 6.50. The number of likely N-dealkylation sites (N-methyl/N-ethyl adjacent to an activating group) is 1. The second-order valence-corrected chi connectivity index (χ2v) is 13.8. The molecule has 0 radical (unpaired) electrons. The number of carbonyl (C=O) groups is 3. The minimum Gasteiger partial charge on any atom is -0.369 e. The maximum absolute atomic E-state index is 13.4. The van der Waals surface area contributed by atoms with Gasteiger partial charge in [-0.25, -0.2) is 4.98 Å². The Labute approximate surface area is 293 Å². The monoisotopic (exact) mass is 675 g/mol. The Morgan fingerprint density at radius 1 is 0.800 bits per heavy atom. The molecule has 0 bridgehead atoms. The summed E-state index contributed by atoms with van der Waals surface area (Å²) in [6, 6.07) is 19.2. The maximum atomic E-state index is 13.4. The summed E-state index contributed by atoms with van der Waals surface area (Å²) in [7, 11) is 5.65. The molecular weight excluding hydrogens is 630 g/mol. The van der Waals surface area contributed by atoms with Gasteiger partial charge in [-0.3, -0.25) is 24.3 Å². The van der Waals surface area contributed by atoms with Crippen LogP contribution in [0.25, 0.3) is 0 Å². The van der Waals surface area contributed by atoms with E-state index in [1.807, 2.05) is 54.7 Å². The van der Waals surface area contributed by atoms with Crippen molar-refractivity contribution in [3.8, 4) is 0 Å². The normalized spacial score (nSPS) is 17.1. The molecule has 3 aliphatic rings. The number of hydrogen-bond acceptors (Lipinski definition) is 8. The van der Waals surface area contributed by atoms with Crippen LogP contribution in [0.3, 0.4) is 0 Å². The quantitative estimate of drug-likeness (QED) is 0.275. The van der Waals surface area contributed by atoms with Crippen molar-refractivity contribution < 1.29 is 14.4 Å². The van der Waals surface area contributed by atoms with Crippen LogP contribution in [0.4, 0.5) is 11.4 Å². The Bertz CT molecular complexity index is 1840. The molecule has 4 heterocycles. The first-order valence-electron chi connectivity index (χ1n) is 17.4. The number of pyridine rings is 1. The topological polar surface area (TPSA) is 119 Å². The van der Waals surface area contributed by atoms with E-state index in [2.05, 4.69) is 46.9 Å². The third kappa shape index (κ3) is 6.73. The number of nitrogens with one attached hydrogen (secondary N) is 2. The fraction of sp³-hybridized carbons (Fsp3) is 0.395. The minimum atomic E-state index is -0.237. The lowest BCUT2D eigenvalue weighted by Gasteiger charge is -2.53. The van der Waals surface area contributed by atoms with Gasteiger partial charge in [0.1, 0.15) is 0 Å². The van der Waals surface area contributed by atoms with Gasteiger partial charge in [-0.05, 0) is 80.4 Å². The average molecular weight is 676 g/mol. The first kappa shape index (κ1) is 33.4. The molecule has 3 amide bonds. The van der Waals surface area contributed by atoms with Crippen LogP contribution in [0.15, 0.2) is 73.1 Å². The van der Waals surface area contributed by atoms with Gasteiger partial charge >= 0.3 is 0 Å². The third-order valence-corrected chi connectivity index (χ3v) is 10.4. The van der Waals surface area contributed by atoms with Crippen LogP contribution in [0.5, 0.6) is 0 Å². The number of imidazole rings is 1. The molecule has 12 nitrogen and oxygen atoms in total. The lowest BCUT2D eigenvalue weighted by molar-refractivity contribution is -0.0217. The lowest BCUT2D eigenvalue weighted by atomic mass is 9.72. The van der Waals surface area contributed by atoms with Gasteiger partial charge in [0.25, 0.3) is 17.7 Å². The Hall–Kier alpha value is -5.07. The molecule has 1 aliphatic carbocycles. The van der Waals surface area contributed by atoms with Crippen molar-refractivity contribution in [2.45, 2.75) is 44.4 Å². The van der Waals surface area contributed by atoms with Crippen molar-refractivity contribution >= 4 is 29.1 Å². The zero-order chi connectivity index (χ0) is 34.8. The Kier molecular flexibility index (Phi) is 9.39. The summed E-state index contributed by atoms with van der Waals surface area (Å²) in [4.78, 5) is 56.4. The first-order valence-corrected chi connectivity index (χ1v) is 17.4. The summed E-state index contributed by atoms with van der Waals surface area (Å²) in [6.07, 6.45) is 6.65. The van der Waals surface area contributed by atoms with Gasteiger partial charge in [-0.15, -0.1) is 0 Å². The van der Waals surface area contributed by atoms with Crippen LogP contribution in [0, 0.1) is 0 Å². The number of nitrogens with zero attached hydrogens (tertiary/aromatic N) is 7. The molecule has 1 saturated carbocycles. The summed E-state index contributed by atoms with van der Waals surface area (Å²) in [5.41, 5.74) is 5.76. The van der Waals surface area contributed by atoms with Crippen LogP contribution in [0.1, 0.15) is 67.5 Å². The zero-order valence-corrected chi connectivity index (χ0v) is 29.1. The SMILES string of the molecule is CN1CCN(c2ccc(C(=O)Nc3ccc(CNC(=O)c4ncc5n4CCN(Cc4ccc(C(=O)N(C)C)cc4)C54CCC4)nc3)cc2)CC1. The van der Waals surface area contributed by atoms with E-state index in [9.17, 15) is 14.4 Å². The average Bonchev–Trinajstić information content (AvgIpc) is 3.55. The number of anilines is 2. The van der Waals surface area contributed by atoms with Crippen molar-refractivity contribution in [2.24, 2.45) is 0 Å². The summed E-state index contributed by atoms with van der Waals surface area (Å²) >= 11 is 0. The van der Waals surface area contributed by atoms with E-state index in [-0.39, 0.29) is 29.8 Å². The molecule has 1 spiro atoms. The third-order valence-electron chi connectivity index (χ3n) is 10.4. The van der Waals surface area contributed by atoms with E-state index in [0.717, 1.165) is 75.5 Å². The second-order valence-electron chi connectivity index (χ2n) is 13.8. The van der Waals surface area contributed by atoms with Crippen LogP contribution < -0.4 is 15.5 Å². The van der Waals surface area contributed by atoms with E-state index < -0.39 is 0 Å². The largest absolute Gasteiger partial charge is 0.369 e. The van der Waals surface area contributed by atoms with Gasteiger partial charge in [-0.1, -0.05) is 12.1 Å². The number of rotatable bonds is 9. The maximum Gasteiger partial charge on any atom is 0.287 e. The number of aromatic nitrogens is 3. The highest BCUT2D eigenvalue weighted by atomic mass is 16.2. The van der Waals surface area contributed by atoms with Crippen LogP contribution in [0.2, 0.25) is 0 Å². The molecule has 12 heteroatoms. The smallest absolute Gasteiger partial charge is 0.287 e. The van der Waals surface area contributed by atoms with E-state index >= 15 is 0 Å². The molecule has 0 atom stereocenters. The number of piperazine rings is 1. The second kappa shape index (κ2) is 14.0. The number of amides is 3. The van der Waals surface area contributed by atoms with Gasteiger partial charge in [0.2, 0.25) is 0 Å². The molecule has 2 aliphatic heterocycles. The number of hydrogen-bond donors (Lipinski definition) is 2. The molecule has 50 heavy (non-hydrogen) atoms. The van der Waals surface area contributed by atoms with E-state index in [4.69, 9.17) is 0 Å². The summed E-state index contributed by atoms with van der Waals surface area (Å²) in [5, 5.41) is 5.90. The van der Waals surface area contributed by atoms with E-state index in [1.165, 1.54) is 0 Å². The van der Waals surface area contributed by atoms with Crippen LogP contribution in [-0.4, -0.2) is 101 Å². The molecule has 4 aromatic rings. The van der Waals surface area contributed by atoms with Gasteiger partial charge in [-0.2, -0.15) is 0 Å². The van der Waals surface area contributed by atoms with E-state index in [1.54, 1.807) is 37.3 Å². The standard InChI is InChI=1S/C38H45N9O3/c1-43(2)37(50)29-7-5-27(6-8-29)26-46-21-22-47-33(38(46)15-4-16-38)25-40-34(47)36(49)41-23-30-11-12-31(24-39-30)42-35(48)28-9-13-32(14-10-28)45-19-17-44(3)18-20-45/h5-14,24-25H,4,15-23,26H2,1-3H3,(H,41,49)(H,42,48). The van der Waals surface area contributed by atoms with Crippen molar-refractivity contribution in [1.29, 1.82) is 0 Å². The fourth-order valence-electron chi connectivity index (χ4n) is 7.24. The highest BCUT2D eigenvalue weighted by Gasteiger charge is 2.49. The molecule has 2 N–H and O–H groups in total. The van der Waals surface area contributed by atoms with Crippen molar-refractivity contribution in [3.05, 3.63) is 107 Å². The van der Waals surface area contributed by atoms with Crippen LogP contribution >= 0.6 is 0 Å². The Morgan fingerprint density at radius 3 is 2.16 bits per heavy atom. The predicted molar refractivity (Wildman–Crippen MR) is 192 cm³/mol. The van der Waals surface area contributed by atoms with E-state index in [0.29, 0.717) is 34.9 Å². The fourth-order valence-corrected chi connectivity index (χ4v) is 7.24. The molecule has 260 valence electrons. The molecule has 0 unspecified atom stereocenters. The Morgan fingerprint density at radius 2 is 1.52 bits per heavy atom. The molecular formula is C38H45N9O3. The van der Waals surface area contributed by atoms with Gasteiger partial charge in [0.05, 0.1) is 41.6 Å². The van der Waals surface area contributed by atoms with Crippen molar-refractivity contribution in [1.82, 2.24) is 34.6 Å². The van der Waals surface area contributed by atoms with Gasteiger partial charge in [0, 0.05) is 76.7 Å². The number of benzene rings is 2. The lowest BCUT2D eigenvalue weighted by Crippen LogP contribution is -2.56. The minimum absolute atomic E-state index is 0.00462. The highest BCUT2D eigenvalue weighted by Crippen LogP contribution is 2.49. The predicted octanol–water partition coefficient (Wildman–Crippen LogP) is 3.81.